The fourth-order valence-corrected chi connectivity index (χ4v) is 3.66. The van der Waals surface area contributed by atoms with E-state index in [0.29, 0.717) is 8.59 Å². The Morgan fingerprint density at radius 3 is 2.41 bits per heavy atom. The van der Waals surface area contributed by atoms with Gasteiger partial charge >= 0.3 is 0 Å². The van der Waals surface area contributed by atoms with E-state index in [1.54, 1.807) is 0 Å². The Labute approximate surface area is 182 Å². The number of nitrogens with one attached hydrogen (secondary N) is 1. The van der Waals surface area contributed by atoms with Crippen molar-refractivity contribution in [3.63, 3.8) is 0 Å². The van der Waals surface area contributed by atoms with Gasteiger partial charge < -0.3 is 4.57 Å². The molecule has 0 radical (unpaired) electrons. The van der Waals surface area contributed by atoms with Crippen LogP contribution in [-0.2, 0) is 11.8 Å². The molecule has 1 N–H and O–H groups in total. The number of aryl methyl sites for hydroxylation is 1. The van der Waals surface area contributed by atoms with Crippen molar-refractivity contribution in [3.05, 3.63) is 74.1 Å². The average molecular weight is 530 g/mol. The number of imide groups is 1. The summed E-state index contributed by atoms with van der Waals surface area (Å²) >= 11 is 7.66. The van der Waals surface area contributed by atoms with Crippen LogP contribution in [0.4, 0.5) is 8.78 Å². The van der Waals surface area contributed by atoms with Crippen LogP contribution in [0.5, 0.6) is 0 Å². The minimum atomic E-state index is -1.17. The molecule has 0 unspecified atom stereocenters. The van der Waals surface area contributed by atoms with Crippen molar-refractivity contribution in [3.8, 4) is 11.4 Å². The topological polar surface area (TPSA) is 81.1 Å². The molecule has 3 aromatic rings. The third kappa shape index (κ3) is 4.35. The number of aromatic nitrogens is 2. The van der Waals surface area contributed by atoms with Crippen molar-refractivity contribution in [2.75, 3.05) is 0 Å². The van der Waals surface area contributed by atoms with Gasteiger partial charge in [0.2, 0.25) is 0 Å². The number of Topliss-reactive ketones (excluding diaryl/α,β-unsaturated/α-hetero) is 1. The summed E-state index contributed by atoms with van der Waals surface area (Å²) in [6.45, 7) is 0. The summed E-state index contributed by atoms with van der Waals surface area (Å²) < 4.78 is 29.7. The summed E-state index contributed by atoms with van der Waals surface area (Å²) in [4.78, 5) is 40.7. The van der Waals surface area contributed by atoms with Crippen molar-refractivity contribution < 1.29 is 23.2 Å². The lowest BCUT2D eigenvalue weighted by Gasteiger charge is -2.04. The maximum Gasteiger partial charge on any atom is 0.299 e. The number of rotatable bonds is 4. The molecule has 0 fully saturated rings. The van der Waals surface area contributed by atoms with Crippen LogP contribution in [0.15, 0.2) is 42.6 Å². The third-order valence-electron chi connectivity index (χ3n) is 3.90. The van der Waals surface area contributed by atoms with E-state index in [4.69, 9.17) is 11.6 Å². The fourth-order valence-electron chi connectivity index (χ4n) is 2.54. The van der Waals surface area contributed by atoms with Crippen LogP contribution >= 0.6 is 34.2 Å². The Kier molecular flexibility index (Phi) is 6.08. The standard InChI is InChI=1S/C19H11ClF2IN3O3/c1-26-8-14(24-17(26)15-11(21)3-2-4-12(15)22)18(28)25-19(29)16(27)10-6-5-9(20)7-13(10)23/h2-8H,1H3,(H,25,28,29). The maximum atomic E-state index is 14.0. The highest BCUT2D eigenvalue weighted by atomic mass is 127. The molecule has 0 aliphatic heterocycles. The molecule has 0 atom stereocenters. The summed E-state index contributed by atoms with van der Waals surface area (Å²) in [6.07, 6.45) is 1.19. The summed E-state index contributed by atoms with van der Waals surface area (Å²) in [5, 5.41) is 2.32. The molecule has 6 nitrogen and oxygen atoms in total. The number of hydrogen-bond donors (Lipinski definition) is 1. The molecule has 0 aliphatic carbocycles. The Morgan fingerprint density at radius 1 is 1.14 bits per heavy atom. The molecule has 0 saturated heterocycles. The molecule has 0 saturated carbocycles. The minimum absolute atomic E-state index is 0.0791. The Bertz CT molecular complexity index is 1140. The van der Waals surface area contributed by atoms with Crippen molar-refractivity contribution in [1.29, 1.82) is 0 Å². The van der Waals surface area contributed by atoms with Crippen LogP contribution in [0, 0.1) is 15.2 Å². The van der Waals surface area contributed by atoms with Crippen molar-refractivity contribution >= 4 is 51.8 Å². The van der Waals surface area contributed by atoms with E-state index in [0.717, 1.165) is 12.1 Å². The number of amides is 2. The van der Waals surface area contributed by atoms with Crippen LogP contribution in [0.25, 0.3) is 11.4 Å². The van der Waals surface area contributed by atoms with Gasteiger partial charge in [-0.25, -0.2) is 13.8 Å². The number of carbonyl (C=O) groups is 3. The monoisotopic (exact) mass is 529 g/mol. The number of nitrogens with zero attached hydrogens (tertiary/aromatic N) is 2. The quantitative estimate of drug-likeness (QED) is 0.317. The van der Waals surface area contributed by atoms with Crippen molar-refractivity contribution in [2.45, 2.75) is 0 Å². The highest BCUT2D eigenvalue weighted by molar-refractivity contribution is 14.1. The minimum Gasteiger partial charge on any atom is -0.333 e. The van der Waals surface area contributed by atoms with E-state index in [-0.39, 0.29) is 17.1 Å². The number of imidazole rings is 1. The van der Waals surface area contributed by atoms with Gasteiger partial charge in [0.1, 0.15) is 23.2 Å². The average Bonchev–Trinajstić information content (AvgIpc) is 3.02. The highest BCUT2D eigenvalue weighted by Gasteiger charge is 2.24. The van der Waals surface area contributed by atoms with E-state index in [9.17, 15) is 23.2 Å². The number of ketones is 1. The third-order valence-corrected chi connectivity index (χ3v) is 5.03. The fraction of sp³-hybridized carbons (Fsp3) is 0.0526. The van der Waals surface area contributed by atoms with E-state index in [1.165, 1.54) is 42.1 Å². The molecule has 10 heteroatoms. The number of carbonyl (C=O) groups excluding carboxylic acids is 3. The van der Waals surface area contributed by atoms with E-state index >= 15 is 0 Å². The van der Waals surface area contributed by atoms with Gasteiger partial charge in [-0.15, -0.1) is 0 Å². The Balaban J connectivity index is 1.83. The molecule has 1 aromatic heterocycles. The van der Waals surface area contributed by atoms with Crippen LogP contribution in [0.3, 0.4) is 0 Å². The zero-order valence-electron chi connectivity index (χ0n) is 14.7. The molecule has 1 heterocycles. The number of benzene rings is 2. The van der Waals surface area contributed by atoms with Gasteiger partial charge in [-0.3, -0.25) is 19.7 Å². The van der Waals surface area contributed by atoms with Gasteiger partial charge in [-0.1, -0.05) is 17.7 Å². The predicted octanol–water partition coefficient (Wildman–Crippen LogP) is 3.76. The zero-order valence-corrected chi connectivity index (χ0v) is 17.6. The molecule has 3 rings (SSSR count). The van der Waals surface area contributed by atoms with E-state index in [2.05, 4.69) is 4.98 Å². The predicted molar refractivity (Wildman–Crippen MR) is 110 cm³/mol. The normalized spacial score (nSPS) is 10.7. The summed E-state index contributed by atoms with van der Waals surface area (Å²) in [6, 6.07) is 7.63. The molecule has 0 bridgehead atoms. The summed E-state index contributed by atoms with van der Waals surface area (Å²) in [5.41, 5.74) is -0.611. The first-order chi connectivity index (χ1) is 13.7. The Morgan fingerprint density at radius 2 is 1.79 bits per heavy atom. The van der Waals surface area contributed by atoms with E-state index < -0.39 is 34.8 Å². The van der Waals surface area contributed by atoms with Crippen LogP contribution in [0.1, 0.15) is 20.8 Å². The van der Waals surface area contributed by atoms with Gasteiger partial charge in [-0.05, 0) is 52.9 Å². The molecule has 0 spiro atoms. The van der Waals surface area contributed by atoms with Gasteiger partial charge in [0.05, 0.1) is 5.56 Å². The summed E-state index contributed by atoms with van der Waals surface area (Å²) in [5.74, 6) is -4.93. The molecular weight excluding hydrogens is 519 g/mol. The van der Waals surface area contributed by atoms with E-state index in [1.807, 2.05) is 27.9 Å². The molecule has 29 heavy (non-hydrogen) atoms. The first-order valence-corrected chi connectivity index (χ1v) is 9.47. The SMILES string of the molecule is Cn1cc(C(=O)NC(=O)C(=O)c2ccc(Cl)cc2I)nc1-c1c(F)cccc1F. The van der Waals surface area contributed by atoms with Crippen LogP contribution in [0.2, 0.25) is 5.02 Å². The second-order valence-corrected chi connectivity index (χ2v) is 7.49. The number of halogens is 4. The second kappa shape index (κ2) is 8.37. The molecule has 148 valence electrons. The van der Waals surface area contributed by atoms with Gasteiger partial charge in [0.15, 0.2) is 0 Å². The lowest BCUT2D eigenvalue weighted by molar-refractivity contribution is -0.116. The zero-order chi connectivity index (χ0) is 21.3. The number of hydrogen-bond acceptors (Lipinski definition) is 4. The lowest BCUT2D eigenvalue weighted by Crippen LogP contribution is -2.36. The highest BCUT2D eigenvalue weighted by Crippen LogP contribution is 2.25. The molecule has 0 aliphatic rings. The van der Waals surface area contributed by atoms with Crippen molar-refractivity contribution in [1.82, 2.24) is 14.9 Å². The second-order valence-electron chi connectivity index (χ2n) is 5.89. The lowest BCUT2D eigenvalue weighted by atomic mass is 10.1. The van der Waals surface area contributed by atoms with Crippen molar-refractivity contribution in [2.24, 2.45) is 7.05 Å². The molecular formula is C19H11ClF2IN3O3. The molecule has 2 amide bonds. The summed E-state index contributed by atoms with van der Waals surface area (Å²) in [7, 11) is 1.44. The van der Waals surface area contributed by atoms with Gasteiger partial charge in [0, 0.05) is 27.4 Å². The largest absolute Gasteiger partial charge is 0.333 e. The maximum absolute atomic E-state index is 14.0. The Hall–Kier alpha value is -2.66. The van der Waals surface area contributed by atoms with Crippen LogP contribution in [-0.4, -0.2) is 27.1 Å². The van der Waals surface area contributed by atoms with Gasteiger partial charge in [-0.2, -0.15) is 0 Å². The van der Waals surface area contributed by atoms with Gasteiger partial charge in [0.25, 0.3) is 17.6 Å². The first-order valence-electron chi connectivity index (χ1n) is 8.02. The molecule has 2 aromatic carbocycles. The van der Waals surface area contributed by atoms with Crippen LogP contribution < -0.4 is 5.32 Å². The first kappa shape index (κ1) is 21.1. The smallest absolute Gasteiger partial charge is 0.299 e.